The summed E-state index contributed by atoms with van der Waals surface area (Å²) in [6, 6.07) is 3.37. The molecule has 1 aromatic heterocycles. The summed E-state index contributed by atoms with van der Waals surface area (Å²) in [5.74, 6) is 0.781. The van der Waals surface area contributed by atoms with Crippen LogP contribution >= 0.6 is 23.1 Å². The van der Waals surface area contributed by atoms with Crippen LogP contribution in [0.3, 0.4) is 0 Å². The van der Waals surface area contributed by atoms with E-state index in [1.807, 2.05) is 26.8 Å². The maximum atomic E-state index is 13.0. The topological polar surface area (TPSA) is 80.8 Å². The van der Waals surface area contributed by atoms with E-state index in [-0.39, 0.29) is 22.2 Å². The number of aryl methyl sites for hydroxylation is 2. The fourth-order valence-corrected chi connectivity index (χ4v) is 7.63. The number of Topliss-reactive ketones (excluding diaryl/α,β-unsaturated/α-hetero) is 1. The Kier molecular flexibility index (Phi) is 7.06. The summed E-state index contributed by atoms with van der Waals surface area (Å²) in [5.41, 5.74) is 4.01. The molecule has 0 aliphatic carbocycles. The molecule has 1 aliphatic rings. The van der Waals surface area contributed by atoms with Gasteiger partial charge in [0.25, 0.3) is 0 Å². The zero-order valence-corrected chi connectivity index (χ0v) is 19.9. The lowest BCUT2D eigenvalue weighted by molar-refractivity contribution is 0.0473. The molecule has 2 heterocycles. The van der Waals surface area contributed by atoms with Crippen LogP contribution < -0.4 is 0 Å². The summed E-state index contributed by atoms with van der Waals surface area (Å²) in [6.07, 6.45) is 0. The van der Waals surface area contributed by atoms with Gasteiger partial charge in [-0.2, -0.15) is 16.1 Å². The second kappa shape index (κ2) is 9.21. The number of carbonyl (C=O) groups is 2. The zero-order valence-electron chi connectivity index (χ0n) is 17.5. The van der Waals surface area contributed by atoms with Crippen molar-refractivity contribution < 1.29 is 22.7 Å². The standard InChI is InChI=1S/C21H25NO5S3/c1-13-11-14(2)19(16(4)23)15(3)17(13)12-27-21(24)20-18(5-8-29-20)30(25,26)22-6-9-28-10-7-22/h5,8,11H,6-7,9-10,12H2,1-4H3. The molecule has 3 rings (SSSR count). The molecule has 1 saturated heterocycles. The Labute approximate surface area is 185 Å². The van der Waals surface area contributed by atoms with Crippen molar-refractivity contribution >= 4 is 44.9 Å². The third kappa shape index (κ3) is 4.49. The molecule has 0 radical (unpaired) electrons. The number of carbonyl (C=O) groups excluding carboxylic acids is 2. The monoisotopic (exact) mass is 467 g/mol. The van der Waals surface area contributed by atoms with E-state index in [1.165, 1.54) is 17.3 Å². The molecular formula is C21H25NO5S3. The molecular weight excluding hydrogens is 442 g/mol. The largest absolute Gasteiger partial charge is 0.457 e. The molecule has 0 saturated carbocycles. The number of rotatable bonds is 6. The number of nitrogens with zero attached hydrogens (tertiary/aromatic N) is 1. The lowest BCUT2D eigenvalue weighted by Gasteiger charge is -2.25. The number of ether oxygens (including phenoxy) is 1. The van der Waals surface area contributed by atoms with Crippen molar-refractivity contribution in [3.63, 3.8) is 0 Å². The minimum Gasteiger partial charge on any atom is -0.457 e. The van der Waals surface area contributed by atoms with E-state index in [9.17, 15) is 18.0 Å². The average molecular weight is 468 g/mol. The van der Waals surface area contributed by atoms with Crippen LogP contribution in [0.2, 0.25) is 0 Å². The predicted octanol–water partition coefficient (Wildman–Crippen LogP) is 3.97. The normalized spacial score (nSPS) is 15.2. The Balaban J connectivity index is 1.83. The molecule has 0 N–H and O–H groups in total. The smallest absolute Gasteiger partial charge is 0.350 e. The molecule has 1 aliphatic heterocycles. The van der Waals surface area contributed by atoms with Gasteiger partial charge in [0.15, 0.2) is 5.78 Å². The quantitative estimate of drug-likeness (QED) is 0.472. The fraction of sp³-hybridized carbons (Fsp3) is 0.429. The van der Waals surface area contributed by atoms with E-state index in [1.54, 1.807) is 17.1 Å². The number of benzene rings is 1. The second-order valence-corrected chi connectivity index (χ2v) is 11.3. The SMILES string of the molecule is CC(=O)c1c(C)cc(C)c(COC(=O)c2sccc2S(=O)(=O)N2CCSCC2)c1C. The molecule has 0 bridgehead atoms. The highest BCUT2D eigenvalue weighted by molar-refractivity contribution is 7.99. The number of ketones is 1. The van der Waals surface area contributed by atoms with Gasteiger partial charge in [0, 0.05) is 30.2 Å². The summed E-state index contributed by atoms with van der Waals surface area (Å²) in [5, 5.41) is 1.60. The summed E-state index contributed by atoms with van der Waals surface area (Å²) in [6.45, 7) is 8.00. The van der Waals surface area contributed by atoms with E-state index in [2.05, 4.69) is 0 Å². The van der Waals surface area contributed by atoms with Gasteiger partial charge in [-0.1, -0.05) is 6.07 Å². The summed E-state index contributed by atoms with van der Waals surface area (Å²) in [4.78, 5) is 24.9. The van der Waals surface area contributed by atoms with Crippen LogP contribution in [0.1, 0.15) is 49.2 Å². The van der Waals surface area contributed by atoms with Crippen molar-refractivity contribution in [2.24, 2.45) is 0 Å². The average Bonchev–Trinajstić information content (AvgIpc) is 3.18. The molecule has 6 nitrogen and oxygen atoms in total. The number of sulfonamides is 1. The molecule has 2 aromatic rings. The van der Waals surface area contributed by atoms with Gasteiger partial charge in [0.2, 0.25) is 10.0 Å². The highest BCUT2D eigenvalue weighted by Crippen LogP contribution is 2.29. The van der Waals surface area contributed by atoms with Crippen molar-refractivity contribution in [3.8, 4) is 0 Å². The lowest BCUT2D eigenvalue weighted by atomic mass is 9.92. The van der Waals surface area contributed by atoms with Crippen LogP contribution in [0.5, 0.6) is 0 Å². The van der Waals surface area contributed by atoms with E-state index in [0.29, 0.717) is 18.7 Å². The first-order chi connectivity index (χ1) is 14.1. The molecule has 1 fully saturated rings. The van der Waals surface area contributed by atoms with Crippen LogP contribution in [0.25, 0.3) is 0 Å². The molecule has 9 heteroatoms. The van der Waals surface area contributed by atoms with Crippen molar-refractivity contribution in [1.82, 2.24) is 4.31 Å². The number of hydrogen-bond donors (Lipinski definition) is 0. The number of thiophene rings is 1. The first kappa shape index (κ1) is 23.0. The van der Waals surface area contributed by atoms with E-state index < -0.39 is 16.0 Å². The van der Waals surface area contributed by atoms with Crippen LogP contribution in [-0.4, -0.2) is 49.1 Å². The second-order valence-electron chi connectivity index (χ2n) is 7.25. The van der Waals surface area contributed by atoms with E-state index in [4.69, 9.17) is 4.74 Å². The van der Waals surface area contributed by atoms with E-state index >= 15 is 0 Å². The summed E-state index contributed by atoms with van der Waals surface area (Å²) in [7, 11) is -3.73. The van der Waals surface area contributed by atoms with Crippen molar-refractivity contribution in [3.05, 3.63) is 50.2 Å². The maximum Gasteiger partial charge on any atom is 0.350 e. The van der Waals surface area contributed by atoms with Crippen molar-refractivity contribution in [2.45, 2.75) is 39.2 Å². The Morgan fingerprint density at radius 2 is 1.80 bits per heavy atom. The Morgan fingerprint density at radius 3 is 2.43 bits per heavy atom. The van der Waals surface area contributed by atoms with Gasteiger partial charge in [-0.3, -0.25) is 4.79 Å². The Bertz CT molecular complexity index is 1080. The minimum absolute atomic E-state index is 0.00572. The highest BCUT2D eigenvalue weighted by atomic mass is 32.2. The van der Waals surface area contributed by atoms with Crippen LogP contribution in [0.4, 0.5) is 0 Å². The van der Waals surface area contributed by atoms with E-state index in [0.717, 1.165) is 45.1 Å². The van der Waals surface area contributed by atoms with Crippen molar-refractivity contribution in [1.29, 1.82) is 0 Å². The van der Waals surface area contributed by atoms with Crippen LogP contribution in [0, 0.1) is 20.8 Å². The first-order valence-corrected chi connectivity index (χ1v) is 13.0. The number of esters is 1. The summed E-state index contributed by atoms with van der Waals surface area (Å²) < 4.78 is 32.9. The molecule has 30 heavy (non-hydrogen) atoms. The molecule has 0 atom stereocenters. The Morgan fingerprint density at radius 1 is 1.13 bits per heavy atom. The molecule has 162 valence electrons. The zero-order chi connectivity index (χ0) is 22.1. The Hall–Kier alpha value is -1.68. The summed E-state index contributed by atoms with van der Waals surface area (Å²) >= 11 is 2.78. The molecule has 0 unspecified atom stereocenters. The van der Waals surface area contributed by atoms with Crippen molar-refractivity contribution in [2.75, 3.05) is 24.6 Å². The molecule has 0 amide bonds. The van der Waals surface area contributed by atoms with Crippen LogP contribution in [-0.2, 0) is 21.4 Å². The fourth-order valence-electron chi connectivity index (χ4n) is 3.77. The van der Waals surface area contributed by atoms with Gasteiger partial charge in [-0.15, -0.1) is 11.3 Å². The maximum absolute atomic E-state index is 13.0. The van der Waals surface area contributed by atoms with Crippen LogP contribution in [0.15, 0.2) is 22.4 Å². The highest BCUT2D eigenvalue weighted by Gasteiger charge is 2.31. The van der Waals surface area contributed by atoms with Gasteiger partial charge in [-0.05, 0) is 61.4 Å². The molecule has 1 aromatic carbocycles. The van der Waals surface area contributed by atoms with Gasteiger partial charge in [0.05, 0.1) is 0 Å². The third-order valence-electron chi connectivity index (χ3n) is 5.23. The predicted molar refractivity (Wildman–Crippen MR) is 120 cm³/mol. The van der Waals surface area contributed by atoms with Gasteiger partial charge in [0.1, 0.15) is 16.4 Å². The van der Waals surface area contributed by atoms with Gasteiger partial charge < -0.3 is 4.74 Å². The molecule has 0 spiro atoms. The first-order valence-electron chi connectivity index (χ1n) is 9.57. The van der Waals surface area contributed by atoms with Gasteiger partial charge >= 0.3 is 5.97 Å². The minimum atomic E-state index is -3.73. The van der Waals surface area contributed by atoms with Gasteiger partial charge in [-0.25, -0.2) is 13.2 Å². The number of thioether (sulfide) groups is 1. The number of hydrogen-bond acceptors (Lipinski definition) is 7. The lowest BCUT2D eigenvalue weighted by Crippen LogP contribution is -2.38. The third-order valence-corrected chi connectivity index (χ3v) is 9.14.